The highest BCUT2D eigenvalue weighted by Gasteiger charge is 2.56. The lowest BCUT2D eigenvalue weighted by atomic mass is 9.54. The smallest absolute Gasteiger partial charge is 0.0985 e. The molecule has 0 spiro atoms. The Hall–Kier alpha value is -0.560. The van der Waals surface area contributed by atoms with E-state index in [-0.39, 0.29) is 22.5 Å². The fourth-order valence-corrected chi connectivity index (χ4v) is 2.70. The van der Waals surface area contributed by atoms with Crippen LogP contribution < -0.4 is 0 Å². The molecule has 0 N–H and O–H groups in total. The SMILES string of the molecule is CC1(C)OC2C=CC=C2C(C)(C)C1(C)C. The molecule has 1 saturated heterocycles. The highest BCUT2D eigenvalue weighted by atomic mass is 16.5. The molecule has 1 atom stereocenters. The highest BCUT2D eigenvalue weighted by molar-refractivity contribution is 5.38. The molecule has 2 rings (SSSR count). The van der Waals surface area contributed by atoms with Crippen LogP contribution in [0.5, 0.6) is 0 Å². The van der Waals surface area contributed by atoms with Gasteiger partial charge in [0.25, 0.3) is 0 Å². The lowest BCUT2D eigenvalue weighted by molar-refractivity contribution is -0.182. The van der Waals surface area contributed by atoms with Gasteiger partial charge in [-0.05, 0) is 24.8 Å². The lowest BCUT2D eigenvalue weighted by Gasteiger charge is -2.58. The van der Waals surface area contributed by atoms with Gasteiger partial charge in [-0.25, -0.2) is 0 Å². The zero-order valence-corrected chi connectivity index (χ0v) is 10.7. The molecule has 0 bridgehead atoms. The average Bonchev–Trinajstić information content (AvgIpc) is 2.49. The van der Waals surface area contributed by atoms with Crippen LogP contribution in [0.4, 0.5) is 0 Å². The second-order valence-electron chi connectivity index (χ2n) is 6.31. The van der Waals surface area contributed by atoms with Gasteiger partial charge in [0.15, 0.2) is 0 Å². The highest BCUT2D eigenvalue weighted by Crippen LogP contribution is 2.58. The van der Waals surface area contributed by atoms with Gasteiger partial charge in [0.05, 0.1) is 11.7 Å². The molecule has 1 nitrogen and oxygen atoms in total. The minimum Gasteiger partial charge on any atom is -0.363 e. The van der Waals surface area contributed by atoms with Crippen molar-refractivity contribution < 1.29 is 4.74 Å². The molecule has 1 fully saturated rings. The standard InChI is InChI=1S/C14H22O/c1-12(2)10-8-7-9-11(10)15-14(5,6)13(12,3)4/h7-9,11H,1-6H3. The third-order valence-electron chi connectivity index (χ3n) is 5.08. The second-order valence-corrected chi connectivity index (χ2v) is 6.31. The van der Waals surface area contributed by atoms with Crippen LogP contribution in [0.2, 0.25) is 0 Å². The summed E-state index contributed by atoms with van der Waals surface area (Å²) in [5, 5.41) is 0. The maximum absolute atomic E-state index is 6.19. The second kappa shape index (κ2) is 2.76. The van der Waals surface area contributed by atoms with Crippen molar-refractivity contribution in [2.45, 2.75) is 53.2 Å². The Bertz CT molecular complexity index is 342. The Kier molecular flexibility index (Phi) is 2.01. The molecule has 0 radical (unpaired) electrons. The number of ether oxygens (including phenoxy) is 1. The first-order chi connectivity index (χ1) is 6.70. The first-order valence-corrected chi connectivity index (χ1v) is 5.77. The zero-order valence-electron chi connectivity index (χ0n) is 10.7. The van der Waals surface area contributed by atoms with Gasteiger partial charge >= 0.3 is 0 Å². The van der Waals surface area contributed by atoms with E-state index in [1.54, 1.807) is 0 Å². The van der Waals surface area contributed by atoms with Gasteiger partial charge in [-0.3, -0.25) is 0 Å². The van der Waals surface area contributed by atoms with E-state index >= 15 is 0 Å². The van der Waals surface area contributed by atoms with Gasteiger partial charge in [0.1, 0.15) is 0 Å². The van der Waals surface area contributed by atoms with E-state index in [4.69, 9.17) is 4.74 Å². The molecule has 0 aromatic heterocycles. The Labute approximate surface area is 93.2 Å². The third kappa shape index (κ3) is 1.19. The van der Waals surface area contributed by atoms with E-state index in [9.17, 15) is 0 Å². The normalized spacial score (nSPS) is 34.8. The molecule has 84 valence electrons. The number of hydrogen-bond donors (Lipinski definition) is 0. The first kappa shape index (κ1) is 10.9. The molecule has 0 amide bonds. The average molecular weight is 206 g/mol. The number of rotatable bonds is 0. The summed E-state index contributed by atoms with van der Waals surface area (Å²) in [5.41, 5.74) is 1.65. The Balaban J connectivity index is 2.51. The molecule has 1 aliphatic carbocycles. The minimum atomic E-state index is -0.0901. The molecule has 1 aliphatic heterocycles. The first-order valence-electron chi connectivity index (χ1n) is 5.77. The number of fused-ring (bicyclic) bond motifs is 1. The van der Waals surface area contributed by atoms with Crippen LogP contribution >= 0.6 is 0 Å². The van der Waals surface area contributed by atoms with Crippen LogP contribution in [0.25, 0.3) is 0 Å². The lowest BCUT2D eigenvalue weighted by Crippen LogP contribution is -2.58. The summed E-state index contributed by atoms with van der Waals surface area (Å²) in [5.74, 6) is 0. The third-order valence-corrected chi connectivity index (χ3v) is 5.08. The minimum absolute atomic E-state index is 0.0901. The predicted octanol–water partition coefficient (Wildman–Crippen LogP) is 3.71. The summed E-state index contributed by atoms with van der Waals surface area (Å²) in [4.78, 5) is 0. The molecule has 0 saturated carbocycles. The van der Waals surface area contributed by atoms with Gasteiger partial charge in [0.2, 0.25) is 0 Å². The van der Waals surface area contributed by atoms with Crippen LogP contribution in [0.3, 0.4) is 0 Å². The van der Waals surface area contributed by atoms with E-state index < -0.39 is 0 Å². The predicted molar refractivity (Wildman–Crippen MR) is 63.7 cm³/mol. The van der Waals surface area contributed by atoms with Crippen molar-refractivity contribution in [3.8, 4) is 0 Å². The molecule has 15 heavy (non-hydrogen) atoms. The topological polar surface area (TPSA) is 9.23 Å². The summed E-state index contributed by atoms with van der Waals surface area (Å²) in [6.45, 7) is 13.7. The van der Waals surface area contributed by atoms with Crippen molar-refractivity contribution in [3.63, 3.8) is 0 Å². The summed E-state index contributed by atoms with van der Waals surface area (Å²) in [7, 11) is 0. The van der Waals surface area contributed by atoms with Gasteiger partial charge in [-0.1, -0.05) is 45.9 Å². The molecular formula is C14H22O. The van der Waals surface area contributed by atoms with Crippen LogP contribution in [-0.2, 0) is 4.74 Å². The van der Waals surface area contributed by atoms with E-state index in [1.807, 2.05) is 0 Å². The zero-order chi connectivity index (χ0) is 11.5. The van der Waals surface area contributed by atoms with Gasteiger partial charge < -0.3 is 4.74 Å². The van der Waals surface area contributed by atoms with Gasteiger partial charge in [-0.2, -0.15) is 0 Å². The summed E-state index contributed by atoms with van der Waals surface area (Å²) >= 11 is 0. The largest absolute Gasteiger partial charge is 0.363 e. The maximum Gasteiger partial charge on any atom is 0.0985 e. The van der Waals surface area contributed by atoms with Gasteiger partial charge in [0, 0.05) is 5.41 Å². The molecule has 1 heterocycles. The molecular weight excluding hydrogens is 184 g/mol. The monoisotopic (exact) mass is 206 g/mol. The van der Waals surface area contributed by atoms with E-state index in [2.05, 4.69) is 59.8 Å². The van der Waals surface area contributed by atoms with Crippen molar-refractivity contribution in [3.05, 3.63) is 23.8 Å². The Morgan fingerprint density at radius 3 is 2.27 bits per heavy atom. The van der Waals surface area contributed by atoms with Crippen LogP contribution in [-0.4, -0.2) is 11.7 Å². The van der Waals surface area contributed by atoms with Crippen molar-refractivity contribution >= 4 is 0 Å². The number of allylic oxidation sites excluding steroid dienone is 2. The van der Waals surface area contributed by atoms with E-state index in [0.717, 1.165) is 0 Å². The van der Waals surface area contributed by atoms with Crippen molar-refractivity contribution in [2.24, 2.45) is 10.8 Å². The van der Waals surface area contributed by atoms with Crippen LogP contribution in [0.1, 0.15) is 41.5 Å². The Morgan fingerprint density at radius 2 is 1.67 bits per heavy atom. The van der Waals surface area contributed by atoms with Gasteiger partial charge in [-0.15, -0.1) is 0 Å². The molecule has 2 aliphatic rings. The fraction of sp³-hybridized carbons (Fsp3) is 0.714. The van der Waals surface area contributed by atoms with Crippen LogP contribution in [0.15, 0.2) is 23.8 Å². The van der Waals surface area contributed by atoms with Crippen molar-refractivity contribution in [1.82, 2.24) is 0 Å². The van der Waals surface area contributed by atoms with E-state index in [0.29, 0.717) is 0 Å². The summed E-state index contributed by atoms with van der Waals surface area (Å²) in [6, 6.07) is 0. The summed E-state index contributed by atoms with van der Waals surface area (Å²) < 4.78 is 6.19. The fourth-order valence-electron chi connectivity index (χ4n) is 2.70. The Morgan fingerprint density at radius 1 is 1.07 bits per heavy atom. The molecule has 1 unspecified atom stereocenters. The van der Waals surface area contributed by atoms with E-state index in [1.165, 1.54) is 5.57 Å². The molecule has 0 aromatic rings. The number of hydrogen-bond acceptors (Lipinski definition) is 1. The molecule has 1 heteroatoms. The molecule has 0 aromatic carbocycles. The van der Waals surface area contributed by atoms with Crippen LogP contribution in [0, 0.1) is 10.8 Å². The summed E-state index contributed by atoms with van der Waals surface area (Å²) in [6.07, 6.45) is 6.71. The maximum atomic E-state index is 6.19. The quantitative estimate of drug-likeness (QED) is 0.587. The van der Waals surface area contributed by atoms with Crippen molar-refractivity contribution in [2.75, 3.05) is 0 Å². The van der Waals surface area contributed by atoms with Crippen molar-refractivity contribution in [1.29, 1.82) is 0 Å².